The molecule has 0 radical (unpaired) electrons. The molecule has 0 bridgehead atoms. The zero-order valence-corrected chi connectivity index (χ0v) is 9.26. The number of aliphatic hydroxyl groups is 1. The van der Waals surface area contributed by atoms with Gasteiger partial charge >= 0.3 is 0 Å². The number of aromatic amines is 1. The first-order valence-corrected chi connectivity index (χ1v) is 5.97. The molecule has 2 heterocycles. The number of unbranched alkanes of at least 4 members (excludes halogenated alkanes) is 1. The molecule has 0 spiro atoms. The highest BCUT2D eigenvalue weighted by molar-refractivity contribution is 7.09. The van der Waals surface area contributed by atoms with Crippen molar-refractivity contribution in [1.29, 1.82) is 0 Å². The van der Waals surface area contributed by atoms with Gasteiger partial charge in [-0.15, -0.1) is 11.3 Å². The molecule has 0 atom stereocenters. The van der Waals surface area contributed by atoms with Crippen LogP contribution in [0.4, 0.5) is 0 Å². The van der Waals surface area contributed by atoms with Crippen LogP contribution in [0.25, 0.3) is 11.4 Å². The van der Waals surface area contributed by atoms with Gasteiger partial charge in [0, 0.05) is 18.2 Å². The molecular weight excluding hydrogens is 208 g/mol. The monoisotopic (exact) mass is 222 g/mol. The quantitative estimate of drug-likeness (QED) is 0.763. The summed E-state index contributed by atoms with van der Waals surface area (Å²) in [5.74, 6) is 0. The van der Waals surface area contributed by atoms with Gasteiger partial charge in [0.15, 0.2) is 0 Å². The summed E-state index contributed by atoms with van der Waals surface area (Å²) in [6, 6.07) is 3.99. The van der Waals surface area contributed by atoms with Crippen LogP contribution in [-0.2, 0) is 6.42 Å². The van der Waals surface area contributed by atoms with Crippen molar-refractivity contribution in [2.45, 2.75) is 19.3 Å². The zero-order chi connectivity index (χ0) is 10.5. The number of nitrogens with one attached hydrogen (secondary N) is 1. The van der Waals surface area contributed by atoms with Crippen LogP contribution >= 0.6 is 11.3 Å². The number of aryl methyl sites for hydroxylation is 1. The summed E-state index contributed by atoms with van der Waals surface area (Å²) in [6.45, 7) is 0.273. The number of rotatable bonds is 5. The molecule has 2 rings (SSSR count). The predicted molar refractivity (Wildman–Crippen MR) is 61.9 cm³/mol. The molecule has 2 aromatic heterocycles. The standard InChI is InChI=1S/C11H14N2OS/c14-7-2-1-5-11-13-10(8-15-11)9-4-3-6-12-9/h3-4,6,8,12,14H,1-2,5,7H2. The summed E-state index contributed by atoms with van der Waals surface area (Å²) in [6.07, 6.45) is 4.73. The van der Waals surface area contributed by atoms with Crippen molar-refractivity contribution >= 4 is 11.3 Å². The lowest BCUT2D eigenvalue weighted by molar-refractivity contribution is 0.284. The molecule has 0 saturated carbocycles. The third-order valence-electron chi connectivity index (χ3n) is 2.22. The van der Waals surface area contributed by atoms with Crippen LogP contribution in [0.2, 0.25) is 0 Å². The molecule has 0 aliphatic carbocycles. The second kappa shape index (κ2) is 5.09. The summed E-state index contributed by atoms with van der Waals surface area (Å²) in [7, 11) is 0. The number of aromatic nitrogens is 2. The molecule has 3 nitrogen and oxygen atoms in total. The Morgan fingerprint density at radius 3 is 3.07 bits per heavy atom. The number of hydrogen-bond donors (Lipinski definition) is 2. The normalized spacial score (nSPS) is 10.7. The van der Waals surface area contributed by atoms with Crippen LogP contribution in [0.5, 0.6) is 0 Å². The van der Waals surface area contributed by atoms with Gasteiger partial charge in [0.2, 0.25) is 0 Å². The van der Waals surface area contributed by atoms with Gasteiger partial charge in [-0.3, -0.25) is 0 Å². The summed E-state index contributed by atoms with van der Waals surface area (Å²) < 4.78 is 0. The fourth-order valence-electron chi connectivity index (χ4n) is 1.43. The number of thiazole rings is 1. The van der Waals surface area contributed by atoms with E-state index in [0.29, 0.717) is 0 Å². The molecule has 80 valence electrons. The molecule has 0 amide bonds. The minimum Gasteiger partial charge on any atom is -0.396 e. The van der Waals surface area contributed by atoms with Gasteiger partial charge in [-0.2, -0.15) is 0 Å². The Labute approximate surface area is 92.8 Å². The second-order valence-electron chi connectivity index (χ2n) is 3.39. The fourth-order valence-corrected chi connectivity index (χ4v) is 2.27. The van der Waals surface area contributed by atoms with Crippen molar-refractivity contribution in [2.75, 3.05) is 6.61 Å². The van der Waals surface area contributed by atoms with E-state index in [4.69, 9.17) is 5.11 Å². The van der Waals surface area contributed by atoms with E-state index in [-0.39, 0.29) is 6.61 Å². The summed E-state index contributed by atoms with van der Waals surface area (Å²) >= 11 is 1.69. The molecule has 0 aromatic carbocycles. The Balaban J connectivity index is 1.98. The van der Waals surface area contributed by atoms with Crippen molar-refractivity contribution in [1.82, 2.24) is 9.97 Å². The Morgan fingerprint density at radius 1 is 1.40 bits per heavy atom. The Hall–Kier alpha value is -1.13. The molecule has 4 heteroatoms. The van der Waals surface area contributed by atoms with E-state index in [1.807, 2.05) is 18.3 Å². The van der Waals surface area contributed by atoms with E-state index in [0.717, 1.165) is 35.7 Å². The second-order valence-corrected chi connectivity index (χ2v) is 4.33. The smallest absolute Gasteiger partial charge is 0.0976 e. The highest BCUT2D eigenvalue weighted by Crippen LogP contribution is 2.21. The summed E-state index contributed by atoms with van der Waals surface area (Å²) in [5, 5.41) is 11.9. The molecule has 0 unspecified atom stereocenters. The maximum absolute atomic E-state index is 8.68. The Bertz CT molecular complexity index is 394. The van der Waals surface area contributed by atoms with Crippen molar-refractivity contribution in [3.05, 3.63) is 28.7 Å². The molecule has 2 N–H and O–H groups in total. The largest absolute Gasteiger partial charge is 0.396 e. The van der Waals surface area contributed by atoms with Crippen molar-refractivity contribution in [3.8, 4) is 11.4 Å². The lowest BCUT2D eigenvalue weighted by Gasteiger charge is -1.93. The first-order valence-electron chi connectivity index (χ1n) is 5.09. The van der Waals surface area contributed by atoms with E-state index in [2.05, 4.69) is 15.3 Å². The van der Waals surface area contributed by atoms with E-state index in [1.54, 1.807) is 11.3 Å². The van der Waals surface area contributed by atoms with Crippen LogP contribution in [0, 0.1) is 0 Å². The van der Waals surface area contributed by atoms with Crippen LogP contribution < -0.4 is 0 Å². The van der Waals surface area contributed by atoms with Crippen LogP contribution in [0.1, 0.15) is 17.8 Å². The highest BCUT2D eigenvalue weighted by atomic mass is 32.1. The highest BCUT2D eigenvalue weighted by Gasteiger charge is 2.04. The lowest BCUT2D eigenvalue weighted by atomic mass is 10.2. The van der Waals surface area contributed by atoms with Crippen molar-refractivity contribution < 1.29 is 5.11 Å². The Morgan fingerprint density at radius 2 is 2.33 bits per heavy atom. The van der Waals surface area contributed by atoms with Gasteiger partial charge in [0.1, 0.15) is 0 Å². The van der Waals surface area contributed by atoms with Crippen LogP contribution in [0.15, 0.2) is 23.7 Å². The lowest BCUT2D eigenvalue weighted by Crippen LogP contribution is -1.88. The number of nitrogens with zero attached hydrogens (tertiary/aromatic N) is 1. The predicted octanol–water partition coefficient (Wildman–Crippen LogP) is 2.45. The average molecular weight is 222 g/mol. The average Bonchev–Trinajstić information content (AvgIpc) is 2.87. The van der Waals surface area contributed by atoms with Gasteiger partial charge in [0.25, 0.3) is 0 Å². The van der Waals surface area contributed by atoms with Gasteiger partial charge < -0.3 is 10.1 Å². The van der Waals surface area contributed by atoms with E-state index in [1.165, 1.54) is 0 Å². The molecule has 0 aliphatic rings. The van der Waals surface area contributed by atoms with Crippen molar-refractivity contribution in [2.24, 2.45) is 0 Å². The molecule has 0 aliphatic heterocycles. The van der Waals surface area contributed by atoms with E-state index in [9.17, 15) is 0 Å². The molecular formula is C11H14N2OS. The van der Waals surface area contributed by atoms with Gasteiger partial charge in [-0.05, 0) is 31.4 Å². The first-order chi connectivity index (χ1) is 7.40. The summed E-state index contributed by atoms with van der Waals surface area (Å²) in [4.78, 5) is 7.67. The molecule has 2 aromatic rings. The molecule has 0 saturated heterocycles. The van der Waals surface area contributed by atoms with Crippen molar-refractivity contribution in [3.63, 3.8) is 0 Å². The van der Waals surface area contributed by atoms with Crippen LogP contribution in [-0.4, -0.2) is 21.7 Å². The third-order valence-corrected chi connectivity index (χ3v) is 3.13. The maximum atomic E-state index is 8.68. The van der Waals surface area contributed by atoms with E-state index < -0.39 is 0 Å². The Kier molecular flexibility index (Phi) is 3.53. The van der Waals surface area contributed by atoms with Crippen LogP contribution in [0.3, 0.4) is 0 Å². The number of aliphatic hydroxyl groups excluding tert-OH is 1. The third kappa shape index (κ3) is 2.67. The van der Waals surface area contributed by atoms with Gasteiger partial charge in [0.05, 0.1) is 16.4 Å². The SMILES string of the molecule is OCCCCc1nc(-c2ccc[nH]2)cs1. The fraction of sp³-hybridized carbons (Fsp3) is 0.364. The molecule has 0 fully saturated rings. The summed E-state index contributed by atoms with van der Waals surface area (Å²) in [5.41, 5.74) is 2.09. The van der Waals surface area contributed by atoms with E-state index >= 15 is 0 Å². The number of H-pyrrole nitrogens is 1. The van der Waals surface area contributed by atoms with Gasteiger partial charge in [-0.25, -0.2) is 4.98 Å². The zero-order valence-electron chi connectivity index (χ0n) is 8.44. The minimum absolute atomic E-state index is 0.273. The topological polar surface area (TPSA) is 48.9 Å². The first kappa shape index (κ1) is 10.4. The van der Waals surface area contributed by atoms with Gasteiger partial charge in [-0.1, -0.05) is 0 Å². The minimum atomic E-state index is 0.273. The maximum Gasteiger partial charge on any atom is 0.0976 e. The number of hydrogen-bond acceptors (Lipinski definition) is 3. The molecule has 15 heavy (non-hydrogen) atoms.